The summed E-state index contributed by atoms with van der Waals surface area (Å²) in [5.74, 6) is -4.21. The van der Waals surface area contributed by atoms with Crippen LogP contribution in [0.1, 0.15) is 35.2 Å². The van der Waals surface area contributed by atoms with Crippen molar-refractivity contribution in [2.24, 2.45) is 5.92 Å². The Labute approximate surface area is 214 Å². The summed E-state index contributed by atoms with van der Waals surface area (Å²) in [6.45, 7) is 0.264. The van der Waals surface area contributed by atoms with E-state index in [1.54, 1.807) is 12.1 Å². The maximum atomic E-state index is 14.0. The first-order chi connectivity index (χ1) is 17.4. The fourth-order valence-corrected chi connectivity index (χ4v) is 5.27. The SMILES string of the molecule is [B]C1([B])OC2CN(C(=O)c3ccc(OCC4CC(F)(F)C4)c(OC)c3)CCC2(c2cc(F)cc(F)c2)O1. The van der Waals surface area contributed by atoms with Gasteiger partial charge in [-0.3, -0.25) is 4.79 Å². The summed E-state index contributed by atoms with van der Waals surface area (Å²) in [6.07, 6.45) is -1.21. The van der Waals surface area contributed by atoms with Gasteiger partial charge in [-0.05, 0) is 35.9 Å². The van der Waals surface area contributed by atoms with Crippen LogP contribution in [0.5, 0.6) is 11.5 Å². The molecule has 2 atom stereocenters. The van der Waals surface area contributed by atoms with Gasteiger partial charge >= 0.3 is 0 Å². The van der Waals surface area contributed by atoms with Crippen molar-refractivity contribution in [3.05, 3.63) is 59.2 Å². The fourth-order valence-electron chi connectivity index (χ4n) is 5.27. The summed E-state index contributed by atoms with van der Waals surface area (Å²) in [5.41, 5.74) is -2.91. The van der Waals surface area contributed by atoms with Crippen molar-refractivity contribution in [1.29, 1.82) is 0 Å². The number of likely N-dealkylation sites (tertiary alicyclic amines) is 1. The Balaban J connectivity index is 1.32. The molecule has 1 amide bonds. The zero-order valence-electron chi connectivity index (χ0n) is 20.0. The van der Waals surface area contributed by atoms with E-state index in [2.05, 4.69) is 0 Å². The van der Waals surface area contributed by atoms with Crippen molar-refractivity contribution < 1.29 is 41.3 Å². The minimum absolute atomic E-state index is 0.0103. The van der Waals surface area contributed by atoms with Crippen LogP contribution < -0.4 is 9.47 Å². The minimum atomic E-state index is -2.63. The summed E-state index contributed by atoms with van der Waals surface area (Å²) in [7, 11) is 13.2. The first-order valence-electron chi connectivity index (χ1n) is 11.8. The smallest absolute Gasteiger partial charge is 0.254 e. The number of fused-ring (bicyclic) bond motifs is 1. The van der Waals surface area contributed by atoms with Crippen LogP contribution in [-0.2, 0) is 15.1 Å². The second-order valence-electron chi connectivity index (χ2n) is 9.79. The maximum absolute atomic E-state index is 14.0. The van der Waals surface area contributed by atoms with Gasteiger partial charge in [0.25, 0.3) is 5.91 Å². The monoisotopic (exact) mass is 515 g/mol. The molecule has 2 aliphatic heterocycles. The number of hydrogen-bond acceptors (Lipinski definition) is 5. The number of alkyl halides is 2. The number of halogens is 4. The van der Waals surface area contributed by atoms with Crippen molar-refractivity contribution in [3.63, 3.8) is 0 Å². The van der Waals surface area contributed by atoms with Crippen molar-refractivity contribution in [3.8, 4) is 11.5 Å². The highest BCUT2D eigenvalue weighted by Gasteiger charge is 2.56. The molecular formula is C25H23B2F4NO5. The first kappa shape index (κ1) is 25.9. The molecule has 6 nitrogen and oxygen atoms in total. The standard InChI is InChI=1S/C25H23B2F4NO5/c1-34-20-6-15(2-3-19(20)35-13-14-10-23(30,31)11-14)22(33)32-5-4-24(16-7-17(28)9-18(29)8-16)21(12-32)36-25(26,27)37-24/h2-3,6-9,14,21H,4-5,10-13H2,1H3. The lowest BCUT2D eigenvalue weighted by atomic mass is 9.76. The molecule has 1 aliphatic carbocycles. The van der Waals surface area contributed by atoms with Crippen molar-refractivity contribution >= 4 is 21.6 Å². The van der Waals surface area contributed by atoms with Crippen LogP contribution in [0, 0.1) is 17.6 Å². The number of methoxy groups -OCH3 is 1. The van der Waals surface area contributed by atoms with Crippen LogP contribution in [0.15, 0.2) is 36.4 Å². The zero-order valence-corrected chi connectivity index (χ0v) is 20.0. The van der Waals surface area contributed by atoms with E-state index in [1.165, 1.54) is 18.1 Å². The number of piperidine rings is 1. The van der Waals surface area contributed by atoms with Crippen LogP contribution >= 0.6 is 0 Å². The van der Waals surface area contributed by atoms with Crippen molar-refractivity contribution in [2.45, 2.75) is 42.5 Å². The van der Waals surface area contributed by atoms with E-state index >= 15 is 0 Å². The van der Waals surface area contributed by atoms with Crippen LogP contribution in [0.25, 0.3) is 0 Å². The van der Waals surface area contributed by atoms with E-state index in [4.69, 9.17) is 34.6 Å². The van der Waals surface area contributed by atoms with Crippen LogP contribution in [0.4, 0.5) is 17.6 Å². The average Bonchev–Trinajstić information content (AvgIpc) is 3.10. The van der Waals surface area contributed by atoms with Gasteiger partial charge in [0.15, 0.2) is 11.5 Å². The molecule has 2 saturated heterocycles. The quantitative estimate of drug-likeness (QED) is 0.436. The minimum Gasteiger partial charge on any atom is -0.493 e. The summed E-state index contributed by atoms with van der Waals surface area (Å²) < 4.78 is 76.6. The Morgan fingerprint density at radius 2 is 1.81 bits per heavy atom. The lowest BCUT2D eigenvalue weighted by molar-refractivity contribution is -0.119. The number of rotatable bonds is 6. The third-order valence-corrected chi connectivity index (χ3v) is 7.03. The molecule has 4 radical (unpaired) electrons. The van der Waals surface area contributed by atoms with Gasteiger partial charge in [0.2, 0.25) is 5.92 Å². The number of nitrogens with zero attached hydrogens (tertiary/aromatic N) is 1. The topological polar surface area (TPSA) is 57.2 Å². The predicted molar refractivity (Wildman–Crippen MR) is 125 cm³/mol. The summed E-state index contributed by atoms with van der Waals surface area (Å²) in [4.78, 5) is 14.8. The number of ether oxygens (including phenoxy) is 4. The second kappa shape index (κ2) is 9.23. The lowest BCUT2D eigenvalue weighted by Gasteiger charge is -2.42. The zero-order chi connectivity index (χ0) is 26.6. The fraction of sp³-hybridized carbons (Fsp3) is 0.480. The highest BCUT2D eigenvalue weighted by molar-refractivity contribution is 6.38. The van der Waals surface area contributed by atoms with Gasteiger partial charge in [-0.15, -0.1) is 0 Å². The van der Waals surface area contributed by atoms with E-state index in [0.29, 0.717) is 5.75 Å². The van der Waals surface area contributed by atoms with Gasteiger partial charge in [0.1, 0.15) is 39.0 Å². The van der Waals surface area contributed by atoms with Gasteiger partial charge in [-0.25, -0.2) is 17.6 Å². The lowest BCUT2D eigenvalue weighted by Crippen LogP contribution is -2.53. The second-order valence-corrected chi connectivity index (χ2v) is 9.79. The molecule has 2 aromatic rings. The molecule has 0 bridgehead atoms. The summed E-state index contributed by atoms with van der Waals surface area (Å²) >= 11 is 0. The predicted octanol–water partition coefficient (Wildman–Crippen LogP) is 3.50. The Morgan fingerprint density at radius 1 is 1.11 bits per heavy atom. The molecule has 2 aromatic carbocycles. The highest BCUT2D eigenvalue weighted by atomic mass is 19.3. The van der Waals surface area contributed by atoms with Crippen LogP contribution in [0.3, 0.4) is 0 Å². The Morgan fingerprint density at radius 3 is 2.46 bits per heavy atom. The molecule has 12 heteroatoms. The largest absolute Gasteiger partial charge is 0.493 e. The molecule has 3 aliphatic rings. The van der Waals surface area contributed by atoms with Crippen LogP contribution in [-0.4, -0.2) is 70.9 Å². The molecule has 192 valence electrons. The van der Waals surface area contributed by atoms with Gasteiger partial charge in [0.05, 0.1) is 25.8 Å². The van der Waals surface area contributed by atoms with E-state index in [9.17, 15) is 22.4 Å². The number of hydrogen-bond donors (Lipinski definition) is 0. The van der Waals surface area contributed by atoms with E-state index in [1.807, 2.05) is 0 Å². The van der Waals surface area contributed by atoms with Gasteiger partial charge in [0, 0.05) is 43.4 Å². The molecule has 0 N–H and O–H groups in total. The highest BCUT2D eigenvalue weighted by Crippen LogP contribution is 2.47. The Hall–Kier alpha value is -2.72. The molecule has 3 fully saturated rings. The normalized spacial score (nSPS) is 26.3. The first-order valence-corrected chi connectivity index (χ1v) is 11.8. The third kappa shape index (κ3) is 5.05. The van der Waals surface area contributed by atoms with E-state index in [0.717, 1.165) is 18.2 Å². The molecule has 0 spiro atoms. The van der Waals surface area contributed by atoms with Crippen molar-refractivity contribution in [2.75, 3.05) is 26.8 Å². The average molecular weight is 515 g/mol. The van der Waals surface area contributed by atoms with Gasteiger partial charge in [-0.1, -0.05) is 0 Å². The summed E-state index contributed by atoms with van der Waals surface area (Å²) in [5, 5.41) is 0. The molecule has 5 rings (SSSR count). The molecule has 2 heterocycles. The molecule has 0 aromatic heterocycles. The third-order valence-electron chi connectivity index (χ3n) is 7.03. The summed E-state index contributed by atoms with van der Waals surface area (Å²) in [6, 6.07) is 7.59. The number of amides is 1. The Bertz CT molecular complexity index is 1190. The molecule has 2 unspecified atom stereocenters. The molecule has 1 saturated carbocycles. The number of carbonyl (C=O) groups is 1. The molecule has 37 heavy (non-hydrogen) atoms. The maximum Gasteiger partial charge on any atom is 0.254 e. The van der Waals surface area contributed by atoms with Crippen molar-refractivity contribution in [1.82, 2.24) is 4.90 Å². The number of carbonyl (C=O) groups excluding carboxylic acids is 1. The van der Waals surface area contributed by atoms with E-state index in [-0.39, 0.29) is 67.7 Å². The molecular weight excluding hydrogens is 492 g/mol. The van der Waals surface area contributed by atoms with Crippen LogP contribution in [0.2, 0.25) is 0 Å². The number of benzene rings is 2. The van der Waals surface area contributed by atoms with Gasteiger partial charge < -0.3 is 23.8 Å². The van der Waals surface area contributed by atoms with E-state index < -0.39 is 34.8 Å². The van der Waals surface area contributed by atoms with Gasteiger partial charge in [-0.2, -0.15) is 0 Å². The Kier molecular flexibility index (Phi) is 6.47.